The van der Waals surface area contributed by atoms with Gasteiger partial charge in [0.1, 0.15) is 0 Å². The molecular formula is C20H21Cl2N3O5. The van der Waals surface area contributed by atoms with Crippen LogP contribution in [-0.2, 0) is 14.4 Å². The van der Waals surface area contributed by atoms with E-state index in [0.717, 1.165) is 6.54 Å². The number of carboxylic acid groups (broad SMARTS) is 2. The molecule has 1 aromatic carbocycles. The SMILES string of the molecule is CC1=C(C(=O)O)C(c2c(Cl)cccc2Cl)C(C(=O)O)=CN1CC(=O)C1CNCCN1. The van der Waals surface area contributed by atoms with Crippen LogP contribution in [0.2, 0.25) is 10.0 Å². The van der Waals surface area contributed by atoms with E-state index in [1.165, 1.54) is 30.2 Å². The summed E-state index contributed by atoms with van der Waals surface area (Å²) in [5.74, 6) is -3.99. The van der Waals surface area contributed by atoms with Gasteiger partial charge < -0.3 is 25.7 Å². The van der Waals surface area contributed by atoms with Crippen molar-refractivity contribution >= 4 is 40.9 Å². The molecule has 2 unspecified atom stereocenters. The van der Waals surface area contributed by atoms with Crippen LogP contribution >= 0.6 is 23.2 Å². The Hall–Kier alpha value is -2.39. The molecule has 30 heavy (non-hydrogen) atoms. The van der Waals surface area contributed by atoms with Crippen molar-refractivity contribution in [2.75, 3.05) is 26.2 Å². The van der Waals surface area contributed by atoms with Gasteiger partial charge in [-0.15, -0.1) is 0 Å². The van der Waals surface area contributed by atoms with Gasteiger partial charge in [0.25, 0.3) is 0 Å². The molecular weight excluding hydrogens is 433 g/mol. The van der Waals surface area contributed by atoms with Crippen LogP contribution in [0.25, 0.3) is 0 Å². The number of hydrogen-bond acceptors (Lipinski definition) is 6. The Balaban J connectivity index is 2.06. The Morgan fingerprint density at radius 3 is 2.33 bits per heavy atom. The largest absolute Gasteiger partial charge is 0.478 e. The summed E-state index contributed by atoms with van der Waals surface area (Å²) in [5.41, 5.74) is 0.0453. The number of benzene rings is 1. The number of nitrogens with zero attached hydrogens (tertiary/aromatic N) is 1. The monoisotopic (exact) mass is 453 g/mol. The minimum atomic E-state index is -1.32. The number of nitrogens with one attached hydrogen (secondary N) is 2. The molecule has 0 saturated carbocycles. The maximum absolute atomic E-state index is 12.7. The van der Waals surface area contributed by atoms with Crippen molar-refractivity contribution in [3.63, 3.8) is 0 Å². The second-order valence-corrected chi connectivity index (χ2v) is 7.88. The fourth-order valence-electron chi connectivity index (χ4n) is 3.72. The van der Waals surface area contributed by atoms with Crippen LogP contribution in [0.1, 0.15) is 18.4 Å². The first-order valence-electron chi connectivity index (χ1n) is 9.28. The first kappa shape index (κ1) is 22.3. The topological polar surface area (TPSA) is 119 Å². The molecule has 0 spiro atoms. The molecule has 4 N–H and O–H groups in total. The van der Waals surface area contributed by atoms with Gasteiger partial charge in [-0.3, -0.25) is 4.79 Å². The van der Waals surface area contributed by atoms with Gasteiger partial charge in [-0.2, -0.15) is 0 Å². The van der Waals surface area contributed by atoms with Gasteiger partial charge in [0.2, 0.25) is 0 Å². The smallest absolute Gasteiger partial charge is 0.334 e. The molecule has 160 valence electrons. The quantitative estimate of drug-likeness (QED) is 0.515. The number of rotatable bonds is 6. The van der Waals surface area contributed by atoms with Crippen molar-refractivity contribution in [3.8, 4) is 0 Å². The minimum Gasteiger partial charge on any atom is -0.478 e. The number of carboxylic acids is 2. The van der Waals surface area contributed by atoms with Gasteiger partial charge in [-0.05, 0) is 19.1 Å². The van der Waals surface area contributed by atoms with Crippen LogP contribution in [0.3, 0.4) is 0 Å². The molecule has 1 saturated heterocycles. The third kappa shape index (κ3) is 4.37. The van der Waals surface area contributed by atoms with Crippen LogP contribution < -0.4 is 10.6 Å². The lowest BCUT2D eigenvalue weighted by molar-refractivity contribution is -0.134. The van der Waals surface area contributed by atoms with E-state index in [0.29, 0.717) is 13.1 Å². The van der Waals surface area contributed by atoms with Crippen molar-refractivity contribution in [1.82, 2.24) is 15.5 Å². The summed E-state index contributed by atoms with van der Waals surface area (Å²) in [6.45, 7) is 3.21. The Morgan fingerprint density at radius 1 is 1.13 bits per heavy atom. The third-order valence-electron chi connectivity index (χ3n) is 5.24. The van der Waals surface area contributed by atoms with E-state index in [9.17, 15) is 24.6 Å². The summed E-state index contributed by atoms with van der Waals surface area (Å²) in [6.07, 6.45) is 1.29. The summed E-state index contributed by atoms with van der Waals surface area (Å²) in [6, 6.07) is 4.20. The van der Waals surface area contributed by atoms with E-state index in [4.69, 9.17) is 23.2 Å². The third-order valence-corrected chi connectivity index (χ3v) is 5.90. The van der Waals surface area contributed by atoms with Crippen molar-refractivity contribution in [1.29, 1.82) is 0 Å². The Morgan fingerprint density at radius 2 is 1.80 bits per heavy atom. The van der Waals surface area contributed by atoms with E-state index in [2.05, 4.69) is 10.6 Å². The van der Waals surface area contributed by atoms with Gasteiger partial charge in [0.15, 0.2) is 5.78 Å². The summed E-state index contributed by atoms with van der Waals surface area (Å²) in [4.78, 5) is 38.3. The lowest BCUT2D eigenvalue weighted by Gasteiger charge is -2.34. The normalized spacial score (nSPS) is 22.0. The van der Waals surface area contributed by atoms with E-state index in [1.807, 2.05) is 0 Å². The molecule has 2 heterocycles. The molecule has 10 heteroatoms. The molecule has 2 aliphatic rings. The van der Waals surface area contributed by atoms with Gasteiger partial charge in [-0.25, -0.2) is 9.59 Å². The molecule has 2 atom stereocenters. The standard InChI is InChI=1S/C20H21Cl2N3O5/c1-10-16(20(29)30)17(18-12(21)3-2-4-13(18)22)11(19(27)28)8-25(10)9-15(26)14-7-23-5-6-24-14/h2-4,8,14,17,23-24H,5-7,9H2,1H3,(H,27,28)(H,29,30). The highest BCUT2D eigenvalue weighted by Crippen LogP contribution is 2.44. The Labute approximate surface area is 183 Å². The van der Waals surface area contributed by atoms with E-state index >= 15 is 0 Å². The fourth-order valence-corrected chi connectivity index (χ4v) is 4.34. The molecule has 3 rings (SSSR count). The van der Waals surface area contributed by atoms with Gasteiger partial charge in [0.05, 0.1) is 29.7 Å². The zero-order chi connectivity index (χ0) is 22.0. The zero-order valence-corrected chi connectivity index (χ0v) is 17.6. The number of hydrogen-bond donors (Lipinski definition) is 4. The van der Waals surface area contributed by atoms with E-state index in [-0.39, 0.29) is 44.8 Å². The van der Waals surface area contributed by atoms with Crippen LogP contribution in [0.4, 0.5) is 0 Å². The number of carbonyl (C=O) groups excluding carboxylic acids is 1. The highest BCUT2D eigenvalue weighted by molar-refractivity contribution is 6.36. The van der Waals surface area contributed by atoms with Crippen molar-refractivity contribution in [2.24, 2.45) is 0 Å². The molecule has 1 fully saturated rings. The molecule has 1 aromatic rings. The first-order chi connectivity index (χ1) is 14.2. The molecule has 0 radical (unpaired) electrons. The van der Waals surface area contributed by atoms with Crippen LogP contribution in [-0.4, -0.2) is 65.1 Å². The molecule has 0 amide bonds. The van der Waals surface area contributed by atoms with Gasteiger partial charge in [0, 0.05) is 47.1 Å². The van der Waals surface area contributed by atoms with Crippen molar-refractivity contribution in [3.05, 3.63) is 56.9 Å². The summed E-state index contributed by atoms with van der Waals surface area (Å²) in [5, 5.41) is 26.3. The molecule has 2 aliphatic heterocycles. The number of aliphatic carboxylic acids is 2. The minimum absolute atomic E-state index is 0.160. The van der Waals surface area contributed by atoms with Crippen LogP contribution in [0.5, 0.6) is 0 Å². The molecule has 0 aromatic heterocycles. The summed E-state index contributed by atoms with van der Waals surface area (Å²) < 4.78 is 0. The van der Waals surface area contributed by atoms with E-state index in [1.54, 1.807) is 6.07 Å². The molecule has 0 bridgehead atoms. The van der Waals surface area contributed by atoms with Crippen molar-refractivity contribution in [2.45, 2.75) is 18.9 Å². The lowest BCUT2D eigenvalue weighted by atomic mass is 9.81. The lowest BCUT2D eigenvalue weighted by Crippen LogP contribution is -2.54. The second kappa shape index (κ2) is 9.18. The van der Waals surface area contributed by atoms with Gasteiger partial charge >= 0.3 is 11.9 Å². The fraction of sp³-hybridized carbons (Fsp3) is 0.350. The number of carbonyl (C=O) groups is 3. The van der Waals surface area contributed by atoms with Crippen LogP contribution in [0.15, 0.2) is 41.2 Å². The van der Waals surface area contributed by atoms with Crippen molar-refractivity contribution < 1.29 is 24.6 Å². The first-order valence-corrected chi connectivity index (χ1v) is 10.0. The number of piperazine rings is 1. The predicted molar refractivity (Wildman–Crippen MR) is 112 cm³/mol. The summed E-state index contributed by atoms with van der Waals surface area (Å²) in [7, 11) is 0. The Bertz CT molecular complexity index is 934. The molecule has 8 nitrogen and oxygen atoms in total. The maximum Gasteiger partial charge on any atom is 0.334 e. The second-order valence-electron chi connectivity index (χ2n) is 7.07. The Kier molecular flexibility index (Phi) is 6.82. The van der Waals surface area contributed by atoms with E-state index < -0.39 is 23.9 Å². The van der Waals surface area contributed by atoms with Gasteiger partial charge in [-0.1, -0.05) is 29.3 Å². The summed E-state index contributed by atoms with van der Waals surface area (Å²) >= 11 is 12.5. The number of halogens is 2. The average molecular weight is 454 g/mol. The number of ketones is 1. The zero-order valence-electron chi connectivity index (χ0n) is 16.1. The average Bonchev–Trinajstić information content (AvgIpc) is 2.69. The number of Topliss-reactive ketones (excluding diaryl/α,β-unsaturated/α-hetero) is 1. The highest BCUT2D eigenvalue weighted by Gasteiger charge is 2.39. The predicted octanol–water partition coefficient (Wildman–Crippen LogP) is 1.85. The maximum atomic E-state index is 12.7. The highest BCUT2D eigenvalue weighted by atomic mass is 35.5. The number of allylic oxidation sites excluding steroid dienone is 1. The van der Waals surface area contributed by atoms with Crippen LogP contribution in [0, 0.1) is 0 Å². The molecule has 0 aliphatic carbocycles.